The summed E-state index contributed by atoms with van der Waals surface area (Å²) in [4.78, 5) is 57.4. The number of aliphatic hydroxyl groups is 1. The van der Waals surface area contributed by atoms with Crippen LogP contribution in [0.15, 0.2) is 103 Å². The summed E-state index contributed by atoms with van der Waals surface area (Å²) in [5, 5.41) is 14.8. The molecule has 0 heterocycles. The van der Waals surface area contributed by atoms with Crippen LogP contribution in [0, 0.1) is 0 Å². The van der Waals surface area contributed by atoms with Crippen LogP contribution < -0.4 is 4.90 Å². The summed E-state index contributed by atoms with van der Waals surface area (Å²) in [6, 6.07) is 22.2. The summed E-state index contributed by atoms with van der Waals surface area (Å²) >= 11 is 0. The number of benzene rings is 3. The van der Waals surface area contributed by atoms with Gasteiger partial charge < -0.3 is 19.6 Å². The van der Waals surface area contributed by atoms with Crippen molar-refractivity contribution >= 4 is 46.3 Å². The zero-order valence-electron chi connectivity index (χ0n) is 27.6. The highest BCUT2D eigenvalue weighted by Crippen LogP contribution is 2.36. The Balaban J connectivity index is 1.62. The van der Waals surface area contributed by atoms with Crippen molar-refractivity contribution in [3.63, 3.8) is 0 Å². The summed E-state index contributed by atoms with van der Waals surface area (Å²) in [6.45, 7) is 10.5. The van der Waals surface area contributed by atoms with Crippen LogP contribution in [0.25, 0.3) is 0 Å². The molecule has 3 aromatic rings. The summed E-state index contributed by atoms with van der Waals surface area (Å²) in [5.74, 6) is -2.04. The van der Waals surface area contributed by atoms with Gasteiger partial charge in [-0.05, 0) is 92.4 Å². The number of rotatable bonds is 15. The van der Waals surface area contributed by atoms with Gasteiger partial charge in [-0.15, -0.1) is 6.58 Å². The van der Waals surface area contributed by atoms with Gasteiger partial charge in [0, 0.05) is 40.2 Å². The highest BCUT2D eigenvalue weighted by Gasteiger charge is 2.37. The predicted molar refractivity (Wildman–Crippen MR) is 186 cm³/mol. The van der Waals surface area contributed by atoms with Crippen molar-refractivity contribution < 1.29 is 33.9 Å². The van der Waals surface area contributed by atoms with Crippen LogP contribution in [0.4, 0.5) is 17.1 Å². The third kappa shape index (κ3) is 9.01. The van der Waals surface area contributed by atoms with Gasteiger partial charge in [-0.1, -0.05) is 56.1 Å². The van der Waals surface area contributed by atoms with E-state index >= 15 is 0 Å². The molecule has 250 valence electrons. The molecule has 0 aliphatic heterocycles. The fraction of sp³-hybridized carbons (Fsp3) is 0.308. The van der Waals surface area contributed by atoms with Crippen LogP contribution in [0.2, 0.25) is 0 Å². The molecule has 3 aromatic carbocycles. The van der Waals surface area contributed by atoms with Crippen LogP contribution in [0.3, 0.4) is 0 Å². The maximum absolute atomic E-state index is 13.5. The van der Waals surface area contributed by atoms with E-state index in [1.807, 2.05) is 41.3 Å². The summed E-state index contributed by atoms with van der Waals surface area (Å²) < 4.78 is 5.13. The first kappa shape index (κ1) is 35.7. The number of nitrogens with zero attached hydrogens (tertiary/aromatic N) is 2. The number of carbonyl (C=O) groups is 4. The van der Waals surface area contributed by atoms with Gasteiger partial charge in [-0.25, -0.2) is 9.59 Å². The molecule has 0 bridgehead atoms. The smallest absolute Gasteiger partial charge is 0.338 e. The van der Waals surface area contributed by atoms with E-state index in [-0.39, 0.29) is 42.1 Å². The maximum Gasteiger partial charge on any atom is 0.338 e. The van der Waals surface area contributed by atoms with Crippen molar-refractivity contribution in [3.8, 4) is 0 Å². The minimum Gasteiger partial charge on any atom is -0.462 e. The van der Waals surface area contributed by atoms with E-state index in [4.69, 9.17) is 9.57 Å². The summed E-state index contributed by atoms with van der Waals surface area (Å²) in [5.41, 5.74) is 3.10. The molecule has 1 aliphatic rings. The number of hydrogen-bond acceptors (Lipinski definition) is 9. The van der Waals surface area contributed by atoms with Crippen molar-refractivity contribution in [2.75, 3.05) is 11.5 Å². The number of Topliss-reactive ketones (excluding diaryl/α,β-unsaturated/α-hetero) is 2. The van der Waals surface area contributed by atoms with Gasteiger partial charge in [0.1, 0.15) is 11.3 Å². The van der Waals surface area contributed by atoms with Crippen molar-refractivity contribution in [3.05, 3.63) is 114 Å². The molecule has 1 fully saturated rings. The second-order valence-corrected chi connectivity index (χ2v) is 11.9. The number of carbonyl (C=O) groups excluding carboxylic acids is 4. The molecule has 0 radical (unpaired) electrons. The van der Waals surface area contributed by atoms with Crippen LogP contribution in [0.1, 0.15) is 85.1 Å². The molecule has 1 aliphatic carbocycles. The lowest BCUT2D eigenvalue weighted by atomic mass is 9.79. The lowest BCUT2D eigenvalue weighted by Crippen LogP contribution is -2.40. The van der Waals surface area contributed by atoms with E-state index in [9.17, 15) is 24.3 Å². The molecule has 9 nitrogen and oxygen atoms in total. The minimum atomic E-state index is -1.32. The number of ether oxygens (including phenoxy) is 1. The molecule has 1 saturated carbocycles. The number of esters is 1. The molecule has 4 rings (SSSR count). The molecule has 0 amide bonds. The molecule has 0 spiro atoms. The quantitative estimate of drug-likeness (QED) is 0.0337. The first-order valence-electron chi connectivity index (χ1n) is 16.2. The maximum atomic E-state index is 13.5. The van der Waals surface area contributed by atoms with Crippen LogP contribution in [0.5, 0.6) is 0 Å². The standard InChI is InChI=1S/C39H42N2O7/c1-5-10-35(42)48-40-34(23-26-47-38(45)27(3)4)36(43)29-13-19-32(20-14-29)41(31-17-11-28(6-2)12-18-31)33-21-15-30(16-22-33)37(44)39(46)24-8-7-9-25-39/h5,11-22,46H,1,3,6-10,23-26H2,2,4H3/b40-34+. The topological polar surface area (TPSA) is 123 Å². The van der Waals surface area contributed by atoms with Crippen molar-refractivity contribution in [1.29, 1.82) is 0 Å². The highest BCUT2D eigenvalue weighted by molar-refractivity contribution is 6.46. The largest absolute Gasteiger partial charge is 0.462 e. The Morgan fingerprint density at radius 3 is 1.94 bits per heavy atom. The lowest BCUT2D eigenvalue weighted by molar-refractivity contribution is -0.143. The Bertz CT molecular complexity index is 1670. The normalized spacial score (nSPS) is 14.0. The molecule has 1 N–H and O–H groups in total. The molecule has 9 heteroatoms. The van der Waals surface area contributed by atoms with Crippen molar-refractivity contribution in [2.24, 2.45) is 5.16 Å². The van der Waals surface area contributed by atoms with Crippen molar-refractivity contribution in [2.45, 2.75) is 70.8 Å². The van der Waals surface area contributed by atoms with E-state index in [1.54, 1.807) is 36.4 Å². The lowest BCUT2D eigenvalue weighted by Gasteiger charge is -2.31. The van der Waals surface area contributed by atoms with E-state index in [0.717, 1.165) is 42.7 Å². The van der Waals surface area contributed by atoms with Gasteiger partial charge in [0.05, 0.1) is 13.0 Å². The predicted octanol–water partition coefficient (Wildman–Crippen LogP) is 7.76. The van der Waals surface area contributed by atoms with Gasteiger partial charge in [-0.2, -0.15) is 0 Å². The number of hydrogen-bond donors (Lipinski definition) is 1. The molecule has 48 heavy (non-hydrogen) atoms. The van der Waals surface area contributed by atoms with Crippen LogP contribution >= 0.6 is 0 Å². The molecule has 0 unspecified atom stereocenters. The van der Waals surface area contributed by atoms with Crippen molar-refractivity contribution in [1.82, 2.24) is 0 Å². The molecule has 0 saturated heterocycles. The second-order valence-electron chi connectivity index (χ2n) is 11.9. The molecule has 0 aromatic heterocycles. The number of anilines is 3. The molecular weight excluding hydrogens is 608 g/mol. The summed E-state index contributed by atoms with van der Waals surface area (Å²) in [7, 11) is 0. The number of oxime groups is 1. The van der Waals surface area contributed by atoms with E-state index in [2.05, 4.69) is 25.2 Å². The second kappa shape index (κ2) is 16.6. The number of ketones is 2. The minimum absolute atomic E-state index is 0.0862. The number of aryl methyl sites for hydroxylation is 1. The van der Waals surface area contributed by atoms with Gasteiger partial charge in [0.2, 0.25) is 5.78 Å². The summed E-state index contributed by atoms with van der Waals surface area (Å²) in [6.07, 6.45) is 5.69. The Morgan fingerprint density at radius 2 is 1.42 bits per heavy atom. The third-order valence-corrected chi connectivity index (χ3v) is 8.23. The third-order valence-electron chi connectivity index (χ3n) is 8.23. The van der Waals surface area contributed by atoms with Crippen LogP contribution in [-0.4, -0.2) is 46.5 Å². The average Bonchev–Trinajstić information content (AvgIpc) is 3.10. The molecule has 0 atom stereocenters. The first-order valence-corrected chi connectivity index (χ1v) is 16.2. The van der Waals surface area contributed by atoms with Gasteiger partial charge in [0.25, 0.3) is 0 Å². The SMILES string of the molecule is C=CCC(=O)O/N=C(\CCOC(=O)C(=C)C)C(=O)c1ccc(N(c2ccc(CC)cc2)c2ccc(C(=O)C3(O)CCCCC3)cc2)cc1. The Labute approximate surface area is 281 Å². The van der Waals surface area contributed by atoms with E-state index in [1.165, 1.54) is 18.6 Å². The van der Waals surface area contributed by atoms with Gasteiger partial charge >= 0.3 is 11.9 Å². The highest BCUT2D eigenvalue weighted by atomic mass is 16.7. The average molecular weight is 651 g/mol. The Morgan fingerprint density at radius 1 is 0.875 bits per heavy atom. The van der Waals surface area contributed by atoms with Gasteiger partial charge in [0.15, 0.2) is 5.78 Å². The fourth-order valence-corrected chi connectivity index (χ4v) is 5.48. The first-order chi connectivity index (χ1) is 23.1. The monoisotopic (exact) mass is 650 g/mol. The molecular formula is C39H42N2O7. The van der Waals surface area contributed by atoms with Crippen LogP contribution in [-0.2, 0) is 25.6 Å². The fourth-order valence-electron chi connectivity index (χ4n) is 5.48. The Kier molecular flexibility index (Phi) is 12.4. The Hall–Kier alpha value is -5.15. The van der Waals surface area contributed by atoms with Gasteiger partial charge in [-0.3, -0.25) is 9.59 Å². The zero-order chi connectivity index (χ0) is 34.7. The van der Waals surface area contributed by atoms with E-state index in [0.29, 0.717) is 18.4 Å². The zero-order valence-corrected chi connectivity index (χ0v) is 27.6. The van der Waals surface area contributed by atoms with E-state index < -0.39 is 23.3 Å².